The van der Waals surface area contributed by atoms with Gasteiger partial charge >= 0.3 is 0 Å². The van der Waals surface area contributed by atoms with Crippen LogP contribution in [-0.4, -0.2) is 10.9 Å². The first kappa shape index (κ1) is 11.0. The van der Waals surface area contributed by atoms with Gasteiger partial charge in [0.15, 0.2) is 5.69 Å². The van der Waals surface area contributed by atoms with Crippen molar-refractivity contribution in [1.82, 2.24) is 4.98 Å². The van der Waals surface area contributed by atoms with E-state index in [-0.39, 0.29) is 0 Å². The van der Waals surface area contributed by atoms with Gasteiger partial charge < -0.3 is 5.73 Å². The average Bonchev–Trinajstić information content (AvgIpc) is 2.16. The summed E-state index contributed by atoms with van der Waals surface area (Å²) in [5, 5.41) is 8.45. The lowest BCUT2D eigenvalue weighted by Crippen LogP contribution is -2.15. The molecule has 0 aliphatic rings. The highest BCUT2D eigenvalue weighted by atomic mass is 19.3. The predicted octanol–water partition coefficient (Wildman–Crippen LogP) is 1.13. The van der Waals surface area contributed by atoms with Crippen molar-refractivity contribution < 1.29 is 18.0 Å². The number of alkyl halides is 2. The van der Waals surface area contributed by atoms with Gasteiger partial charge in [-0.2, -0.15) is 9.65 Å². The molecule has 0 spiro atoms. The molecule has 0 saturated carbocycles. The van der Waals surface area contributed by atoms with E-state index < -0.39 is 35.1 Å². The maximum absolute atomic E-state index is 12.8. The fourth-order valence-electron chi connectivity index (χ4n) is 0.932. The molecule has 0 aromatic carbocycles. The molecule has 1 heterocycles. The summed E-state index contributed by atoms with van der Waals surface area (Å²) < 4.78 is 37.2. The van der Waals surface area contributed by atoms with Crippen LogP contribution in [0.4, 0.5) is 13.2 Å². The van der Waals surface area contributed by atoms with Crippen LogP contribution in [0.3, 0.4) is 0 Å². The molecule has 1 amide bonds. The number of amides is 1. The Bertz CT molecular complexity index is 453. The van der Waals surface area contributed by atoms with E-state index in [1.807, 2.05) is 0 Å². The minimum absolute atomic E-state index is 0.519. The lowest BCUT2D eigenvalue weighted by Gasteiger charge is -2.04. The Morgan fingerprint density at radius 1 is 1.60 bits per heavy atom. The zero-order chi connectivity index (χ0) is 11.6. The fraction of sp³-hybridized carbons (Fsp3) is 0.125. The van der Waals surface area contributed by atoms with E-state index in [9.17, 15) is 18.0 Å². The van der Waals surface area contributed by atoms with Crippen LogP contribution in [-0.2, 0) is 0 Å². The first-order chi connectivity index (χ1) is 6.97. The molecule has 15 heavy (non-hydrogen) atoms. The number of hydrogen-bond donors (Lipinski definition) is 1. The van der Waals surface area contributed by atoms with Gasteiger partial charge in [0.25, 0.3) is 12.3 Å². The zero-order valence-corrected chi connectivity index (χ0v) is 7.17. The molecule has 1 aromatic rings. The van der Waals surface area contributed by atoms with Gasteiger partial charge in [0.05, 0.1) is 11.1 Å². The van der Waals surface area contributed by atoms with Gasteiger partial charge in [-0.15, -0.1) is 0 Å². The van der Waals surface area contributed by atoms with E-state index in [0.717, 1.165) is 0 Å². The summed E-state index contributed by atoms with van der Waals surface area (Å²) >= 11 is 0. The van der Waals surface area contributed by atoms with E-state index in [2.05, 4.69) is 4.98 Å². The summed E-state index contributed by atoms with van der Waals surface area (Å²) in [5.74, 6) is -2.59. The topological polar surface area (TPSA) is 79.8 Å². The average molecular weight is 215 g/mol. The first-order valence-electron chi connectivity index (χ1n) is 3.66. The third kappa shape index (κ3) is 2.04. The summed E-state index contributed by atoms with van der Waals surface area (Å²) in [7, 11) is 0. The third-order valence-electron chi connectivity index (χ3n) is 1.61. The van der Waals surface area contributed by atoms with Crippen LogP contribution < -0.4 is 5.73 Å². The SMILES string of the molecule is N#Cc1nc(F)c(C(F)F)cc1C(N)=O. The van der Waals surface area contributed by atoms with Gasteiger partial charge in [-0.1, -0.05) is 0 Å². The normalized spacial score (nSPS) is 10.1. The van der Waals surface area contributed by atoms with Crippen molar-refractivity contribution in [3.8, 4) is 6.07 Å². The maximum Gasteiger partial charge on any atom is 0.268 e. The van der Waals surface area contributed by atoms with Crippen LogP contribution in [0.5, 0.6) is 0 Å². The lowest BCUT2D eigenvalue weighted by atomic mass is 10.1. The number of nitrogens with zero attached hydrogens (tertiary/aromatic N) is 2. The minimum atomic E-state index is -3.12. The molecular formula is C8H4F3N3O. The number of aromatic nitrogens is 1. The van der Waals surface area contributed by atoms with Crippen LogP contribution in [0.15, 0.2) is 6.07 Å². The van der Waals surface area contributed by atoms with E-state index >= 15 is 0 Å². The number of nitrogens with two attached hydrogens (primary N) is 1. The highest BCUT2D eigenvalue weighted by Gasteiger charge is 2.20. The highest BCUT2D eigenvalue weighted by Crippen LogP contribution is 2.22. The number of pyridine rings is 1. The van der Waals surface area contributed by atoms with Crippen LogP contribution >= 0.6 is 0 Å². The number of primary amides is 1. The Balaban J connectivity index is 3.45. The summed E-state index contributed by atoms with van der Waals surface area (Å²) in [5.41, 5.74) is 2.63. The molecule has 2 N–H and O–H groups in total. The van der Waals surface area contributed by atoms with E-state index in [0.29, 0.717) is 6.07 Å². The Hall–Kier alpha value is -2.10. The molecule has 0 aliphatic heterocycles. The summed E-state index contributed by atoms with van der Waals surface area (Å²) in [4.78, 5) is 13.7. The van der Waals surface area contributed by atoms with E-state index in [4.69, 9.17) is 11.0 Å². The van der Waals surface area contributed by atoms with E-state index in [1.54, 1.807) is 0 Å². The first-order valence-corrected chi connectivity index (χ1v) is 3.66. The number of nitriles is 1. The molecule has 0 radical (unpaired) electrons. The molecule has 4 nitrogen and oxygen atoms in total. The van der Waals surface area contributed by atoms with Crippen LogP contribution in [0.1, 0.15) is 28.0 Å². The molecule has 0 fully saturated rings. The van der Waals surface area contributed by atoms with Crippen molar-refractivity contribution in [3.05, 3.63) is 28.8 Å². The van der Waals surface area contributed by atoms with E-state index in [1.165, 1.54) is 6.07 Å². The number of carbonyl (C=O) groups is 1. The predicted molar refractivity (Wildman–Crippen MR) is 42.4 cm³/mol. The molecular weight excluding hydrogens is 211 g/mol. The number of hydrogen-bond acceptors (Lipinski definition) is 3. The summed E-state index contributed by atoms with van der Waals surface area (Å²) in [6.45, 7) is 0. The molecule has 1 aromatic heterocycles. The standard InChI is InChI=1S/C8H4F3N3O/c9-6(10)4-1-3(8(13)15)5(2-12)14-7(4)11/h1,6H,(H2,13,15). The molecule has 0 saturated heterocycles. The van der Waals surface area contributed by atoms with Gasteiger partial charge in [-0.05, 0) is 6.07 Å². The van der Waals surface area contributed by atoms with Gasteiger partial charge in [0.1, 0.15) is 6.07 Å². The molecule has 1 rings (SSSR count). The Kier molecular flexibility index (Phi) is 2.90. The number of halogens is 3. The quantitative estimate of drug-likeness (QED) is 0.751. The fourth-order valence-corrected chi connectivity index (χ4v) is 0.932. The molecule has 0 aliphatic carbocycles. The van der Waals surface area contributed by atoms with Crippen molar-refractivity contribution >= 4 is 5.91 Å². The zero-order valence-electron chi connectivity index (χ0n) is 7.17. The van der Waals surface area contributed by atoms with Crippen LogP contribution in [0.2, 0.25) is 0 Å². The number of rotatable bonds is 2. The largest absolute Gasteiger partial charge is 0.366 e. The second-order valence-electron chi connectivity index (χ2n) is 2.54. The van der Waals surface area contributed by atoms with Gasteiger partial charge in [0, 0.05) is 0 Å². The highest BCUT2D eigenvalue weighted by molar-refractivity contribution is 5.94. The Morgan fingerprint density at radius 3 is 2.60 bits per heavy atom. The van der Waals surface area contributed by atoms with Crippen molar-refractivity contribution in [2.75, 3.05) is 0 Å². The molecule has 7 heteroatoms. The maximum atomic E-state index is 12.8. The second-order valence-corrected chi connectivity index (χ2v) is 2.54. The lowest BCUT2D eigenvalue weighted by molar-refractivity contribution is 0.0998. The monoisotopic (exact) mass is 215 g/mol. The Morgan fingerprint density at radius 2 is 2.20 bits per heavy atom. The number of carbonyl (C=O) groups excluding carboxylic acids is 1. The summed E-state index contributed by atoms with van der Waals surface area (Å²) in [6, 6.07) is 1.92. The van der Waals surface area contributed by atoms with Crippen LogP contribution in [0.25, 0.3) is 0 Å². The third-order valence-corrected chi connectivity index (χ3v) is 1.61. The molecule has 0 unspecified atom stereocenters. The smallest absolute Gasteiger partial charge is 0.268 e. The van der Waals surface area contributed by atoms with Crippen molar-refractivity contribution in [3.63, 3.8) is 0 Å². The molecule has 0 atom stereocenters. The Labute approximate surface area is 82.1 Å². The summed E-state index contributed by atoms with van der Waals surface area (Å²) in [6.07, 6.45) is -3.12. The molecule has 78 valence electrons. The van der Waals surface area contributed by atoms with Crippen molar-refractivity contribution in [2.45, 2.75) is 6.43 Å². The van der Waals surface area contributed by atoms with Gasteiger partial charge in [-0.3, -0.25) is 4.79 Å². The van der Waals surface area contributed by atoms with Crippen molar-refractivity contribution in [1.29, 1.82) is 5.26 Å². The minimum Gasteiger partial charge on any atom is -0.366 e. The van der Waals surface area contributed by atoms with Gasteiger partial charge in [0.2, 0.25) is 5.95 Å². The molecule has 0 bridgehead atoms. The second kappa shape index (κ2) is 3.96. The van der Waals surface area contributed by atoms with Gasteiger partial charge in [-0.25, -0.2) is 13.8 Å². The van der Waals surface area contributed by atoms with Crippen LogP contribution in [0, 0.1) is 17.3 Å². The van der Waals surface area contributed by atoms with Crippen molar-refractivity contribution in [2.24, 2.45) is 5.73 Å².